The molecule has 0 amide bonds. The SMILES string of the molecule is CCn1cc(CN2CCN(c3ncccn3)[C@@H]3CS(=O)(=O)C[C@@H]32)c(C)n1. The second kappa shape index (κ2) is 6.62. The number of fused-ring (bicyclic) bond motifs is 1. The maximum absolute atomic E-state index is 12.4. The number of rotatable bonds is 4. The van der Waals surface area contributed by atoms with Crippen molar-refractivity contribution in [2.24, 2.45) is 0 Å². The molecule has 0 aliphatic carbocycles. The molecule has 0 radical (unpaired) electrons. The highest BCUT2D eigenvalue weighted by atomic mass is 32.2. The van der Waals surface area contributed by atoms with Crippen LogP contribution in [0.3, 0.4) is 0 Å². The summed E-state index contributed by atoms with van der Waals surface area (Å²) in [5.74, 6) is 0.982. The Hall–Kier alpha value is -2.00. The number of hydrogen-bond donors (Lipinski definition) is 0. The van der Waals surface area contributed by atoms with Crippen molar-refractivity contribution in [2.75, 3.05) is 29.5 Å². The van der Waals surface area contributed by atoms with Crippen LogP contribution in [-0.2, 0) is 22.9 Å². The fourth-order valence-corrected chi connectivity index (χ4v) is 6.02. The van der Waals surface area contributed by atoms with Gasteiger partial charge in [0.2, 0.25) is 5.95 Å². The summed E-state index contributed by atoms with van der Waals surface area (Å²) in [4.78, 5) is 13.0. The van der Waals surface area contributed by atoms with Crippen molar-refractivity contribution in [3.63, 3.8) is 0 Å². The number of aromatic nitrogens is 4. The highest BCUT2D eigenvalue weighted by Crippen LogP contribution is 2.30. The highest BCUT2D eigenvalue weighted by Gasteiger charge is 2.47. The summed E-state index contributed by atoms with van der Waals surface area (Å²) in [6.45, 7) is 7.15. The van der Waals surface area contributed by atoms with Crippen LogP contribution >= 0.6 is 0 Å². The van der Waals surface area contributed by atoms with Gasteiger partial charge in [-0.05, 0) is 19.9 Å². The van der Waals surface area contributed by atoms with E-state index in [1.807, 2.05) is 11.6 Å². The van der Waals surface area contributed by atoms with E-state index < -0.39 is 9.84 Å². The van der Waals surface area contributed by atoms with Crippen LogP contribution in [0.15, 0.2) is 24.7 Å². The number of anilines is 1. The van der Waals surface area contributed by atoms with Crippen LogP contribution in [0.5, 0.6) is 0 Å². The Bertz CT molecular complexity index is 882. The van der Waals surface area contributed by atoms with Crippen molar-refractivity contribution < 1.29 is 8.42 Å². The van der Waals surface area contributed by atoms with Crippen molar-refractivity contribution in [1.29, 1.82) is 0 Å². The molecule has 2 saturated heterocycles. The van der Waals surface area contributed by atoms with Gasteiger partial charge in [0.15, 0.2) is 9.84 Å². The Kier molecular flexibility index (Phi) is 4.44. The van der Waals surface area contributed by atoms with Gasteiger partial charge in [-0.1, -0.05) is 0 Å². The summed E-state index contributed by atoms with van der Waals surface area (Å²) in [5.41, 5.74) is 2.18. The predicted molar refractivity (Wildman–Crippen MR) is 98.7 cm³/mol. The molecule has 2 aliphatic heterocycles. The monoisotopic (exact) mass is 376 g/mol. The third kappa shape index (κ3) is 3.21. The summed E-state index contributed by atoms with van der Waals surface area (Å²) in [6, 6.07) is 1.64. The molecule has 0 saturated carbocycles. The Labute approximate surface area is 153 Å². The molecule has 2 aromatic heterocycles. The molecule has 0 spiro atoms. The van der Waals surface area contributed by atoms with Gasteiger partial charge in [0.25, 0.3) is 0 Å². The first-order chi connectivity index (χ1) is 12.5. The predicted octanol–water partition coefficient (Wildman–Crippen LogP) is 0.489. The van der Waals surface area contributed by atoms with Gasteiger partial charge in [0.05, 0.1) is 23.2 Å². The van der Waals surface area contributed by atoms with E-state index in [0.29, 0.717) is 5.95 Å². The molecule has 9 heteroatoms. The second-order valence-electron chi connectivity index (χ2n) is 7.02. The number of aryl methyl sites for hydroxylation is 2. The van der Waals surface area contributed by atoms with Gasteiger partial charge in [0, 0.05) is 56.4 Å². The van der Waals surface area contributed by atoms with Crippen molar-refractivity contribution >= 4 is 15.8 Å². The minimum atomic E-state index is -3.06. The lowest BCUT2D eigenvalue weighted by atomic mass is 10.0. The number of piperazine rings is 1. The van der Waals surface area contributed by atoms with Crippen LogP contribution in [-0.4, -0.2) is 69.7 Å². The quantitative estimate of drug-likeness (QED) is 0.768. The fraction of sp³-hybridized carbons (Fsp3) is 0.588. The van der Waals surface area contributed by atoms with E-state index in [1.54, 1.807) is 18.5 Å². The van der Waals surface area contributed by atoms with Crippen molar-refractivity contribution in [2.45, 2.75) is 39.0 Å². The topological polar surface area (TPSA) is 84.2 Å². The summed E-state index contributed by atoms with van der Waals surface area (Å²) in [7, 11) is -3.06. The Morgan fingerprint density at radius 3 is 2.58 bits per heavy atom. The number of hydrogen-bond acceptors (Lipinski definition) is 7. The molecule has 2 fully saturated rings. The molecule has 140 valence electrons. The van der Waals surface area contributed by atoms with Crippen LogP contribution < -0.4 is 4.90 Å². The highest BCUT2D eigenvalue weighted by molar-refractivity contribution is 7.91. The van der Waals surface area contributed by atoms with E-state index in [2.05, 4.69) is 38.0 Å². The van der Waals surface area contributed by atoms with Gasteiger partial charge < -0.3 is 4.90 Å². The summed E-state index contributed by atoms with van der Waals surface area (Å²) in [5, 5.41) is 4.51. The zero-order chi connectivity index (χ0) is 18.3. The molecule has 2 aromatic rings. The summed E-state index contributed by atoms with van der Waals surface area (Å²) < 4.78 is 26.7. The van der Waals surface area contributed by atoms with Gasteiger partial charge in [-0.15, -0.1) is 0 Å². The molecule has 0 N–H and O–H groups in total. The van der Waals surface area contributed by atoms with Crippen molar-refractivity contribution in [1.82, 2.24) is 24.6 Å². The van der Waals surface area contributed by atoms with Crippen LogP contribution in [0.4, 0.5) is 5.95 Å². The van der Waals surface area contributed by atoms with E-state index >= 15 is 0 Å². The first-order valence-corrected chi connectivity index (χ1v) is 10.8. The van der Waals surface area contributed by atoms with Crippen LogP contribution in [0.2, 0.25) is 0 Å². The average molecular weight is 376 g/mol. The molecule has 0 aromatic carbocycles. The Balaban J connectivity index is 1.60. The van der Waals surface area contributed by atoms with Crippen LogP contribution in [0, 0.1) is 6.92 Å². The van der Waals surface area contributed by atoms with Crippen molar-refractivity contribution in [3.05, 3.63) is 35.9 Å². The minimum Gasteiger partial charge on any atom is -0.334 e. The molecule has 2 aliphatic rings. The minimum absolute atomic E-state index is 0.0399. The van der Waals surface area contributed by atoms with E-state index in [4.69, 9.17) is 0 Å². The maximum atomic E-state index is 12.4. The summed E-state index contributed by atoms with van der Waals surface area (Å²) in [6.07, 6.45) is 5.48. The Morgan fingerprint density at radius 2 is 1.88 bits per heavy atom. The third-order valence-electron chi connectivity index (χ3n) is 5.35. The molecule has 0 bridgehead atoms. The average Bonchev–Trinajstić information content (AvgIpc) is 3.14. The van der Waals surface area contributed by atoms with Gasteiger partial charge in [-0.3, -0.25) is 9.58 Å². The van der Waals surface area contributed by atoms with E-state index in [0.717, 1.165) is 31.9 Å². The van der Waals surface area contributed by atoms with Crippen molar-refractivity contribution in [3.8, 4) is 0 Å². The lowest BCUT2D eigenvalue weighted by Gasteiger charge is -2.43. The lowest BCUT2D eigenvalue weighted by Crippen LogP contribution is -2.59. The number of sulfone groups is 1. The molecular weight excluding hydrogens is 352 g/mol. The molecular formula is C17H24N6O2S. The van der Waals surface area contributed by atoms with Gasteiger partial charge >= 0.3 is 0 Å². The normalized spacial score (nSPS) is 25.4. The van der Waals surface area contributed by atoms with E-state index in [1.165, 1.54) is 5.56 Å². The first kappa shape index (κ1) is 17.4. The van der Waals surface area contributed by atoms with E-state index in [9.17, 15) is 8.42 Å². The van der Waals surface area contributed by atoms with Crippen LogP contribution in [0.1, 0.15) is 18.2 Å². The van der Waals surface area contributed by atoms with Crippen LogP contribution in [0.25, 0.3) is 0 Å². The molecule has 26 heavy (non-hydrogen) atoms. The zero-order valence-electron chi connectivity index (χ0n) is 15.1. The second-order valence-corrected chi connectivity index (χ2v) is 9.17. The molecule has 2 atom stereocenters. The van der Waals surface area contributed by atoms with E-state index in [-0.39, 0.29) is 23.6 Å². The molecule has 4 heterocycles. The molecule has 4 rings (SSSR count). The molecule has 8 nitrogen and oxygen atoms in total. The fourth-order valence-electron chi connectivity index (χ4n) is 4.00. The van der Waals surface area contributed by atoms with Gasteiger partial charge in [-0.2, -0.15) is 5.10 Å². The Morgan fingerprint density at radius 1 is 1.15 bits per heavy atom. The zero-order valence-corrected chi connectivity index (χ0v) is 15.9. The largest absolute Gasteiger partial charge is 0.334 e. The standard InChI is InChI=1S/C17H24N6O2S/c1-3-22-10-14(13(2)20-22)9-21-7-8-23(17-18-5-4-6-19-17)16-12-26(24,25)11-15(16)21/h4-6,10,15-16H,3,7-9,11-12H2,1-2H3/t15-,16+/m0/s1. The molecule has 0 unspecified atom stereocenters. The third-order valence-corrected chi connectivity index (χ3v) is 7.04. The lowest BCUT2D eigenvalue weighted by molar-refractivity contribution is 0.159. The smallest absolute Gasteiger partial charge is 0.225 e. The maximum Gasteiger partial charge on any atom is 0.225 e. The first-order valence-electron chi connectivity index (χ1n) is 8.98. The summed E-state index contributed by atoms with van der Waals surface area (Å²) >= 11 is 0. The van der Waals surface area contributed by atoms with Gasteiger partial charge in [-0.25, -0.2) is 18.4 Å². The van der Waals surface area contributed by atoms with Gasteiger partial charge in [0.1, 0.15) is 0 Å². The number of nitrogens with zero attached hydrogens (tertiary/aromatic N) is 6.